The molecule has 0 aliphatic carbocycles. The second kappa shape index (κ2) is 6.64. The van der Waals surface area contributed by atoms with Crippen LogP contribution in [0.15, 0.2) is 39.5 Å². The lowest BCUT2D eigenvalue weighted by Gasteiger charge is -2.14. The number of hydrogen-bond acceptors (Lipinski definition) is 6. The molecule has 3 N–H and O–H groups in total. The van der Waals surface area contributed by atoms with E-state index in [0.717, 1.165) is 15.9 Å². The summed E-state index contributed by atoms with van der Waals surface area (Å²) in [6, 6.07) is 5.71. The molecule has 126 valence electrons. The van der Waals surface area contributed by atoms with Crippen molar-refractivity contribution in [1.82, 2.24) is 20.2 Å². The van der Waals surface area contributed by atoms with E-state index in [1.54, 1.807) is 12.5 Å². The van der Waals surface area contributed by atoms with Crippen molar-refractivity contribution >= 4 is 33.5 Å². The summed E-state index contributed by atoms with van der Waals surface area (Å²) in [5.41, 5.74) is 1.05. The van der Waals surface area contributed by atoms with Crippen molar-refractivity contribution in [2.24, 2.45) is 0 Å². The third kappa shape index (κ3) is 3.94. The van der Waals surface area contributed by atoms with Gasteiger partial charge >= 0.3 is 0 Å². The summed E-state index contributed by atoms with van der Waals surface area (Å²) in [7, 11) is 0. The number of H-pyrrole nitrogens is 1. The summed E-state index contributed by atoms with van der Waals surface area (Å²) in [4.78, 5) is 8.71. The van der Waals surface area contributed by atoms with E-state index in [2.05, 4.69) is 67.5 Å². The van der Waals surface area contributed by atoms with Gasteiger partial charge in [0.1, 0.15) is 5.76 Å². The van der Waals surface area contributed by atoms with Crippen LogP contribution in [0.5, 0.6) is 0 Å². The Morgan fingerprint density at radius 1 is 1.33 bits per heavy atom. The van der Waals surface area contributed by atoms with Gasteiger partial charge in [-0.3, -0.25) is 5.10 Å². The number of anilines is 3. The van der Waals surface area contributed by atoms with Crippen molar-refractivity contribution in [3.05, 3.63) is 46.6 Å². The Balaban J connectivity index is 1.73. The lowest BCUT2D eigenvalue weighted by molar-refractivity contribution is 0.517. The Hall–Kier alpha value is -2.35. The molecular weight excluding hydrogens is 372 g/mol. The number of furan rings is 1. The van der Waals surface area contributed by atoms with Crippen molar-refractivity contribution in [2.45, 2.75) is 32.7 Å². The lowest BCUT2D eigenvalue weighted by Crippen LogP contribution is -2.11. The van der Waals surface area contributed by atoms with Gasteiger partial charge in [-0.05, 0) is 28.1 Å². The van der Waals surface area contributed by atoms with Gasteiger partial charge in [-0.1, -0.05) is 20.8 Å². The first-order valence-electron chi connectivity index (χ1n) is 7.53. The highest BCUT2D eigenvalue weighted by Crippen LogP contribution is 2.26. The quantitative estimate of drug-likeness (QED) is 0.604. The minimum Gasteiger partial charge on any atom is -0.467 e. The van der Waals surface area contributed by atoms with Gasteiger partial charge < -0.3 is 15.1 Å². The van der Waals surface area contributed by atoms with Crippen LogP contribution in [-0.2, 0) is 12.0 Å². The van der Waals surface area contributed by atoms with E-state index in [0.29, 0.717) is 24.1 Å². The molecule has 0 bridgehead atoms. The van der Waals surface area contributed by atoms with E-state index >= 15 is 0 Å². The van der Waals surface area contributed by atoms with Gasteiger partial charge in [-0.2, -0.15) is 10.1 Å². The smallest absolute Gasteiger partial charge is 0.225 e. The van der Waals surface area contributed by atoms with E-state index in [9.17, 15) is 0 Å². The van der Waals surface area contributed by atoms with Gasteiger partial charge in [-0.15, -0.1) is 0 Å². The van der Waals surface area contributed by atoms with Crippen molar-refractivity contribution in [3.63, 3.8) is 0 Å². The summed E-state index contributed by atoms with van der Waals surface area (Å²) in [5, 5.41) is 13.6. The normalized spacial score (nSPS) is 11.5. The number of rotatable bonds is 5. The molecule has 7 nitrogen and oxygen atoms in total. The molecule has 0 amide bonds. The summed E-state index contributed by atoms with van der Waals surface area (Å²) < 4.78 is 6.04. The molecule has 0 atom stereocenters. The summed E-state index contributed by atoms with van der Waals surface area (Å²) >= 11 is 3.45. The monoisotopic (exact) mass is 390 g/mol. The highest BCUT2D eigenvalue weighted by Gasteiger charge is 2.17. The number of halogens is 1. The predicted molar refractivity (Wildman–Crippen MR) is 96.3 cm³/mol. The van der Waals surface area contributed by atoms with Crippen LogP contribution >= 0.6 is 15.9 Å². The van der Waals surface area contributed by atoms with Crippen LogP contribution in [0.25, 0.3) is 0 Å². The van der Waals surface area contributed by atoms with Gasteiger partial charge in [0.25, 0.3) is 0 Å². The third-order valence-corrected chi connectivity index (χ3v) is 3.96. The molecule has 3 heterocycles. The van der Waals surface area contributed by atoms with Gasteiger partial charge in [0.15, 0.2) is 11.6 Å². The first-order valence-corrected chi connectivity index (χ1v) is 8.33. The maximum atomic E-state index is 5.28. The fourth-order valence-electron chi connectivity index (χ4n) is 2.01. The first kappa shape index (κ1) is 16.5. The Morgan fingerprint density at radius 2 is 2.17 bits per heavy atom. The molecule has 0 aliphatic rings. The molecule has 0 aromatic carbocycles. The fourth-order valence-corrected chi connectivity index (χ4v) is 2.30. The highest BCUT2D eigenvalue weighted by atomic mass is 79.9. The molecule has 3 aromatic heterocycles. The Labute approximate surface area is 148 Å². The number of nitrogens with one attached hydrogen (secondary N) is 3. The van der Waals surface area contributed by atoms with Gasteiger partial charge in [0, 0.05) is 23.4 Å². The third-order valence-electron chi connectivity index (χ3n) is 3.38. The maximum Gasteiger partial charge on any atom is 0.225 e. The zero-order valence-electron chi connectivity index (χ0n) is 13.7. The van der Waals surface area contributed by atoms with Crippen LogP contribution in [-0.4, -0.2) is 20.2 Å². The molecule has 0 saturated carbocycles. The zero-order chi connectivity index (χ0) is 17.2. The maximum absolute atomic E-state index is 5.28. The summed E-state index contributed by atoms with van der Waals surface area (Å²) in [6.45, 7) is 6.90. The van der Waals surface area contributed by atoms with E-state index in [4.69, 9.17) is 4.42 Å². The summed E-state index contributed by atoms with van der Waals surface area (Å²) in [6.07, 6.45) is 3.33. The van der Waals surface area contributed by atoms with Crippen LogP contribution in [0.3, 0.4) is 0 Å². The SMILES string of the molecule is CC(C)(C)c1cc(Nc2nc(NCc3ccco3)ncc2Br)n[nH]1. The molecule has 0 saturated heterocycles. The highest BCUT2D eigenvalue weighted by molar-refractivity contribution is 9.10. The van der Waals surface area contributed by atoms with Crippen LogP contribution < -0.4 is 10.6 Å². The van der Waals surface area contributed by atoms with Crippen LogP contribution in [0.1, 0.15) is 32.2 Å². The average molecular weight is 391 g/mol. The van der Waals surface area contributed by atoms with Crippen molar-refractivity contribution in [1.29, 1.82) is 0 Å². The molecular formula is C16H19BrN6O. The average Bonchev–Trinajstić information content (AvgIpc) is 3.19. The van der Waals surface area contributed by atoms with E-state index < -0.39 is 0 Å². The van der Waals surface area contributed by atoms with E-state index in [-0.39, 0.29) is 5.41 Å². The van der Waals surface area contributed by atoms with Crippen LogP contribution in [0, 0.1) is 0 Å². The van der Waals surface area contributed by atoms with Crippen molar-refractivity contribution in [2.75, 3.05) is 10.6 Å². The molecule has 24 heavy (non-hydrogen) atoms. The number of aromatic nitrogens is 4. The van der Waals surface area contributed by atoms with Crippen molar-refractivity contribution in [3.8, 4) is 0 Å². The predicted octanol–water partition coefficient (Wildman–Crippen LogP) is 4.21. The molecule has 8 heteroatoms. The molecule has 0 unspecified atom stereocenters. The molecule has 3 aromatic rings. The molecule has 0 aliphatic heterocycles. The van der Waals surface area contributed by atoms with Crippen LogP contribution in [0.2, 0.25) is 0 Å². The lowest BCUT2D eigenvalue weighted by atomic mass is 9.92. The van der Waals surface area contributed by atoms with Crippen molar-refractivity contribution < 1.29 is 4.42 Å². The van der Waals surface area contributed by atoms with Gasteiger partial charge in [0.2, 0.25) is 5.95 Å². The Morgan fingerprint density at radius 3 is 2.83 bits per heavy atom. The van der Waals surface area contributed by atoms with Gasteiger partial charge in [-0.25, -0.2) is 4.98 Å². The Kier molecular flexibility index (Phi) is 4.57. The van der Waals surface area contributed by atoms with E-state index in [1.807, 2.05) is 18.2 Å². The first-order chi connectivity index (χ1) is 11.4. The second-order valence-electron chi connectivity index (χ2n) is 6.36. The molecule has 3 rings (SSSR count). The minimum atomic E-state index is 0.00555. The standard InChI is InChI=1S/C16H19BrN6O/c1-16(2,3)12-7-13(23-22-12)20-14-11(17)9-19-15(21-14)18-8-10-5-4-6-24-10/h4-7,9H,8H2,1-3H3,(H3,18,19,20,21,22,23). The van der Waals surface area contributed by atoms with Gasteiger partial charge in [0.05, 0.1) is 17.3 Å². The number of aromatic amines is 1. The largest absolute Gasteiger partial charge is 0.467 e. The molecule has 0 radical (unpaired) electrons. The van der Waals surface area contributed by atoms with Crippen LogP contribution in [0.4, 0.5) is 17.6 Å². The number of nitrogens with zero attached hydrogens (tertiary/aromatic N) is 3. The van der Waals surface area contributed by atoms with E-state index in [1.165, 1.54) is 0 Å². The summed E-state index contributed by atoms with van der Waals surface area (Å²) in [5.74, 6) is 2.66. The molecule has 0 fully saturated rings. The molecule has 0 spiro atoms. The topological polar surface area (TPSA) is 91.7 Å². The zero-order valence-corrected chi connectivity index (χ0v) is 15.3. The fraction of sp³-hybridized carbons (Fsp3) is 0.312. The minimum absolute atomic E-state index is 0.00555. The number of hydrogen-bond donors (Lipinski definition) is 3. The second-order valence-corrected chi connectivity index (χ2v) is 7.22. The Bertz CT molecular complexity index is 806.